The highest BCUT2D eigenvalue weighted by atomic mass is 19.1. The fourth-order valence-electron chi connectivity index (χ4n) is 3.16. The molecule has 0 bridgehead atoms. The average Bonchev–Trinajstić information content (AvgIpc) is 2.64. The molecule has 2 N–H and O–H groups in total. The van der Waals surface area contributed by atoms with E-state index in [2.05, 4.69) is 20.5 Å². The lowest BCUT2D eigenvalue weighted by atomic mass is 10.1. The number of halogens is 2. The predicted molar refractivity (Wildman–Crippen MR) is 101 cm³/mol. The van der Waals surface area contributed by atoms with Gasteiger partial charge in [0.2, 0.25) is 0 Å². The first-order valence-corrected chi connectivity index (χ1v) is 9.24. The minimum absolute atomic E-state index is 0.391. The Morgan fingerprint density at radius 2 is 2.08 bits per heavy atom. The Hall–Kier alpha value is -1.73. The normalized spacial score (nSPS) is 16.7. The highest BCUT2D eigenvalue weighted by Gasteiger charge is 2.19. The largest absolute Gasteiger partial charge is 0.385 e. The van der Waals surface area contributed by atoms with Crippen molar-refractivity contribution in [3.8, 4) is 0 Å². The number of methoxy groups -OCH3 is 1. The molecule has 1 heterocycles. The molecule has 7 heteroatoms. The van der Waals surface area contributed by atoms with Crippen LogP contribution in [0.15, 0.2) is 23.2 Å². The van der Waals surface area contributed by atoms with E-state index in [-0.39, 0.29) is 0 Å². The summed E-state index contributed by atoms with van der Waals surface area (Å²) in [6.45, 7) is 4.57. The van der Waals surface area contributed by atoms with E-state index in [1.807, 2.05) is 0 Å². The van der Waals surface area contributed by atoms with Crippen LogP contribution in [0.3, 0.4) is 0 Å². The van der Waals surface area contributed by atoms with Crippen molar-refractivity contribution in [2.24, 2.45) is 4.99 Å². The van der Waals surface area contributed by atoms with E-state index in [1.165, 1.54) is 12.1 Å². The highest BCUT2D eigenvalue weighted by molar-refractivity contribution is 5.79. The van der Waals surface area contributed by atoms with Gasteiger partial charge in [-0.05, 0) is 37.3 Å². The fourth-order valence-corrected chi connectivity index (χ4v) is 3.16. The number of ether oxygens (including phenoxy) is 1. The predicted octanol–water partition coefficient (Wildman–Crippen LogP) is 2.17. The lowest BCUT2D eigenvalue weighted by molar-refractivity contribution is 0.155. The van der Waals surface area contributed by atoms with Crippen molar-refractivity contribution in [2.75, 3.05) is 46.9 Å². The Balaban J connectivity index is 1.68. The summed E-state index contributed by atoms with van der Waals surface area (Å²) in [6.07, 6.45) is 3.68. The first-order chi connectivity index (χ1) is 12.6. The van der Waals surface area contributed by atoms with Crippen LogP contribution >= 0.6 is 0 Å². The van der Waals surface area contributed by atoms with Crippen molar-refractivity contribution < 1.29 is 13.5 Å². The van der Waals surface area contributed by atoms with Crippen LogP contribution in [0, 0.1) is 11.6 Å². The summed E-state index contributed by atoms with van der Waals surface area (Å²) in [5.74, 6) is -0.328. The maximum atomic E-state index is 13.7. The number of hydrogen-bond donors (Lipinski definition) is 2. The minimum atomic E-state index is -0.551. The molecule has 1 aromatic rings. The molecule has 5 nitrogen and oxygen atoms in total. The van der Waals surface area contributed by atoms with Gasteiger partial charge in [0.15, 0.2) is 5.96 Å². The average molecular weight is 368 g/mol. The second-order valence-corrected chi connectivity index (χ2v) is 6.59. The number of nitrogens with zero attached hydrogens (tertiary/aromatic N) is 2. The van der Waals surface area contributed by atoms with Crippen molar-refractivity contribution in [1.82, 2.24) is 15.5 Å². The molecule has 0 aliphatic carbocycles. The van der Waals surface area contributed by atoms with Gasteiger partial charge in [0.1, 0.15) is 11.6 Å². The first-order valence-electron chi connectivity index (χ1n) is 9.24. The summed E-state index contributed by atoms with van der Waals surface area (Å²) in [5, 5.41) is 6.65. The van der Waals surface area contributed by atoms with Crippen molar-refractivity contribution in [1.29, 1.82) is 0 Å². The number of aliphatic imine (C=N–C) groups is 1. The minimum Gasteiger partial charge on any atom is -0.385 e. The molecule has 2 rings (SSSR count). The van der Waals surface area contributed by atoms with Crippen molar-refractivity contribution >= 4 is 5.96 Å². The van der Waals surface area contributed by atoms with Crippen LogP contribution in [0.1, 0.15) is 24.8 Å². The summed E-state index contributed by atoms with van der Waals surface area (Å²) in [4.78, 5) is 6.70. The third kappa shape index (κ3) is 6.88. The first kappa shape index (κ1) is 20.6. The van der Waals surface area contributed by atoms with Gasteiger partial charge in [0.05, 0.1) is 0 Å². The summed E-state index contributed by atoms with van der Waals surface area (Å²) >= 11 is 0. The number of benzene rings is 1. The highest BCUT2D eigenvalue weighted by Crippen LogP contribution is 2.11. The van der Waals surface area contributed by atoms with Gasteiger partial charge >= 0.3 is 0 Å². The Morgan fingerprint density at radius 3 is 2.73 bits per heavy atom. The maximum Gasteiger partial charge on any atom is 0.191 e. The molecule has 26 heavy (non-hydrogen) atoms. The zero-order valence-electron chi connectivity index (χ0n) is 15.7. The van der Waals surface area contributed by atoms with Crippen molar-refractivity contribution in [2.45, 2.75) is 31.7 Å². The molecule has 0 unspecified atom stereocenters. The van der Waals surface area contributed by atoms with Crippen LogP contribution in [0.25, 0.3) is 0 Å². The Morgan fingerprint density at radius 1 is 1.31 bits per heavy atom. The Kier molecular flexibility index (Phi) is 8.77. The van der Waals surface area contributed by atoms with E-state index in [9.17, 15) is 8.78 Å². The smallest absolute Gasteiger partial charge is 0.191 e. The number of likely N-dealkylation sites (tertiary alicyclic amines) is 1. The molecule has 1 aliphatic heterocycles. The van der Waals surface area contributed by atoms with Gasteiger partial charge in [-0.1, -0.05) is 6.07 Å². The third-order valence-electron chi connectivity index (χ3n) is 4.68. The summed E-state index contributed by atoms with van der Waals surface area (Å²) in [6, 6.07) is 4.08. The molecule has 1 aromatic carbocycles. The molecule has 1 aliphatic rings. The van der Waals surface area contributed by atoms with Crippen molar-refractivity contribution in [3.63, 3.8) is 0 Å². The second kappa shape index (κ2) is 11.1. The molecular formula is C19H30F2N4O. The van der Waals surface area contributed by atoms with Gasteiger partial charge in [-0.3, -0.25) is 4.99 Å². The van der Waals surface area contributed by atoms with Gasteiger partial charge in [0.25, 0.3) is 0 Å². The van der Waals surface area contributed by atoms with Crippen LogP contribution in [-0.4, -0.2) is 63.8 Å². The maximum absolute atomic E-state index is 13.7. The Labute approximate surface area is 154 Å². The lowest BCUT2D eigenvalue weighted by Gasteiger charge is -2.33. The molecule has 0 spiro atoms. The molecule has 0 radical (unpaired) electrons. The van der Waals surface area contributed by atoms with E-state index in [0.717, 1.165) is 57.5 Å². The fraction of sp³-hybridized carbons (Fsp3) is 0.632. The standard InChI is InChI=1S/C19H30F2N4O/c1-22-19(23-9-6-15-4-5-16(20)14-18(15)21)24-17-7-11-25(12-8-17)10-3-13-26-2/h4-5,14,17H,3,6-13H2,1-2H3,(H2,22,23,24). The second-order valence-electron chi connectivity index (χ2n) is 6.59. The van der Waals surface area contributed by atoms with Gasteiger partial charge in [-0.2, -0.15) is 0 Å². The zero-order valence-corrected chi connectivity index (χ0v) is 15.7. The molecule has 0 atom stereocenters. The quantitative estimate of drug-likeness (QED) is 0.420. The van der Waals surface area contributed by atoms with Gasteiger partial charge in [-0.25, -0.2) is 8.78 Å². The topological polar surface area (TPSA) is 48.9 Å². The van der Waals surface area contributed by atoms with Crippen LogP contribution < -0.4 is 10.6 Å². The van der Waals surface area contributed by atoms with E-state index < -0.39 is 11.6 Å². The van der Waals surface area contributed by atoms with Crippen LogP contribution in [0.5, 0.6) is 0 Å². The monoisotopic (exact) mass is 368 g/mol. The SMILES string of the molecule is CN=C(NCCc1ccc(F)cc1F)NC1CCN(CCCOC)CC1. The molecule has 146 valence electrons. The van der Waals surface area contributed by atoms with E-state index in [1.54, 1.807) is 14.2 Å². The summed E-state index contributed by atoms with van der Waals surface area (Å²) < 4.78 is 31.7. The molecule has 0 saturated carbocycles. The summed E-state index contributed by atoms with van der Waals surface area (Å²) in [5.41, 5.74) is 0.499. The zero-order chi connectivity index (χ0) is 18.8. The van der Waals surface area contributed by atoms with Gasteiger partial charge in [0, 0.05) is 59.1 Å². The molecule has 1 fully saturated rings. The lowest BCUT2D eigenvalue weighted by Crippen LogP contribution is -2.49. The molecule has 0 aromatic heterocycles. The summed E-state index contributed by atoms with van der Waals surface area (Å²) in [7, 11) is 3.47. The van der Waals surface area contributed by atoms with E-state index >= 15 is 0 Å². The number of nitrogens with one attached hydrogen (secondary N) is 2. The van der Waals surface area contributed by atoms with Crippen molar-refractivity contribution in [3.05, 3.63) is 35.4 Å². The molecule has 1 saturated heterocycles. The Bertz CT molecular complexity index is 575. The number of hydrogen-bond acceptors (Lipinski definition) is 3. The number of guanidine groups is 1. The third-order valence-corrected chi connectivity index (χ3v) is 4.68. The van der Waals surface area contributed by atoms with Crippen LogP contribution in [-0.2, 0) is 11.2 Å². The molecular weight excluding hydrogens is 338 g/mol. The van der Waals surface area contributed by atoms with Crippen LogP contribution in [0.4, 0.5) is 8.78 Å². The van der Waals surface area contributed by atoms with E-state index in [0.29, 0.717) is 24.6 Å². The van der Waals surface area contributed by atoms with Gasteiger partial charge < -0.3 is 20.3 Å². The number of piperidine rings is 1. The molecule has 0 amide bonds. The van der Waals surface area contributed by atoms with E-state index in [4.69, 9.17) is 4.74 Å². The number of rotatable bonds is 8. The van der Waals surface area contributed by atoms with Gasteiger partial charge in [-0.15, -0.1) is 0 Å². The van der Waals surface area contributed by atoms with Crippen LogP contribution in [0.2, 0.25) is 0 Å².